The van der Waals surface area contributed by atoms with Gasteiger partial charge in [0.2, 0.25) is 5.91 Å². The van der Waals surface area contributed by atoms with Crippen LogP contribution in [0.5, 0.6) is 5.75 Å². The average Bonchev–Trinajstić information content (AvgIpc) is 2.84. The molecule has 2 aromatic carbocycles. The van der Waals surface area contributed by atoms with E-state index in [9.17, 15) is 9.59 Å². The Kier molecular flexibility index (Phi) is 7.29. The van der Waals surface area contributed by atoms with Crippen LogP contribution in [0.3, 0.4) is 0 Å². The lowest BCUT2D eigenvalue weighted by atomic mass is 9.97. The van der Waals surface area contributed by atoms with Crippen molar-refractivity contribution in [1.82, 2.24) is 15.1 Å². The lowest BCUT2D eigenvalue weighted by Gasteiger charge is -2.33. The van der Waals surface area contributed by atoms with E-state index in [1.165, 1.54) is 10.7 Å². The largest absolute Gasteiger partial charge is 0.494 e. The molecule has 0 spiro atoms. The third kappa shape index (κ3) is 5.54. The Hall–Kier alpha value is -3.32. The third-order valence-electron chi connectivity index (χ3n) is 5.68. The Morgan fingerprint density at radius 2 is 2.03 bits per heavy atom. The number of piperidine rings is 1. The lowest BCUT2D eigenvalue weighted by molar-refractivity contribution is -0.125. The number of carbonyl (C=O) groups is 1. The molecule has 8 heteroatoms. The summed E-state index contributed by atoms with van der Waals surface area (Å²) in [5, 5.41) is 8.14. The SMILES string of the molecule is CCOc1ccccc1CNC(=O)C1CCCN(c2ccc(=O)n(-c3cccc(Cl)c3)n2)C1. The minimum atomic E-state index is -0.236. The van der Waals surface area contributed by atoms with E-state index in [2.05, 4.69) is 15.3 Å². The minimum absolute atomic E-state index is 0.00849. The summed E-state index contributed by atoms with van der Waals surface area (Å²) in [4.78, 5) is 27.4. The zero-order valence-electron chi connectivity index (χ0n) is 18.5. The minimum Gasteiger partial charge on any atom is -0.494 e. The standard InChI is InChI=1S/C25H27ClN4O3/c1-2-33-22-11-4-3-7-18(22)16-27-25(32)19-8-6-14-29(17-19)23-12-13-24(31)30(28-23)21-10-5-9-20(26)15-21/h3-5,7,9-13,15,19H,2,6,8,14,16-17H2,1H3,(H,27,32). The van der Waals surface area contributed by atoms with Crippen LogP contribution in [0.2, 0.25) is 5.02 Å². The monoisotopic (exact) mass is 466 g/mol. The predicted molar refractivity (Wildman–Crippen MR) is 129 cm³/mol. The van der Waals surface area contributed by atoms with Crippen molar-refractivity contribution in [2.24, 2.45) is 5.92 Å². The number of hydrogen-bond acceptors (Lipinski definition) is 5. The molecule has 1 aliphatic rings. The highest BCUT2D eigenvalue weighted by molar-refractivity contribution is 6.30. The molecule has 2 heterocycles. The zero-order valence-corrected chi connectivity index (χ0v) is 19.3. The molecule has 0 aliphatic carbocycles. The second kappa shape index (κ2) is 10.5. The van der Waals surface area contributed by atoms with Crippen LogP contribution in [0, 0.1) is 5.92 Å². The van der Waals surface area contributed by atoms with Crippen LogP contribution in [-0.2, 0) is 11.3 Å². The highest BCUT2D eigenvalue weighted by Crippen LogP contribution is 2.23. The Morgan fingerprint density at radius 3 is 2.85 bits per heavy atom. The number of carbonyl (C=O) groups excluding carboxylic acids is 1. The molecule has 0 bridgehead atoms. The third-order valence-corrected chi connectivity index (χ3v) is 5.92. The number of nitrogens with zero attached hydrogens (tertiary/aromatic N) is 3. The fourth-order valence-electron chi connectivity index (χ4n) is 4.04. The summed E-state index contributed by atoms with van der Waals surface area (Å²) in [6, 6.07) is 18.0. The molecule has 1 N–H and O–H groups in total. The predicted octanol–water partition coefficient (Wildman–Crippen LogP) is 3.82. The van der Waals surface area contributed by atoms with Gasteiger partial charge in [0, 0.05) is 36.3 Å². The van der Waals surface area contributed by atoms with Crippen LogP contribution < -0.4 is 20.5 Å². The van der Waals surface area contributed by atoms with Gasteiger partial charge in [0.1, 0.15) is 11.6 Å². The van der Waals surface area contributed by atoms with Crippen molar-refractivity contribution in [3.8, 4) is 11.4 Å². The quantitative estimate of drug-likeness (QED) is 0.573. The van der Waals surface area contributed by atoms with Crippen LogP contribution in [0.4, 0.5) is 5.82 Å². The molecule has 0 saturated carbocycles. The molecule has 1 aliphatic heterocycles. The molecule has 1 aromatic heterocycles. The number of para-hydroxylation sites is 1. The summed E-state index contributed by atoms with van der Waals surface area (Å²) >= 11 is 6.08. The second-order valence-corrected chi connectivity index (χ2v) is 8.40. The van der Waals surface area contributed by atoms with Gasteiger partial charge in [0.15, 0.2) is 0 Å². The van der Waals surface area contributed by atoms with E-state index < -0.39 is 0 Å². The number of ether oxygens (including phenoxy) is 1. The van der Waals surface area contributed by atoms with E-state index >= 15 is 0 Å². The Balaban J connectivity index is 1.45. The zero-order chi connectivity index (χ0) is 23.2. The van der Waals surface area contributed by atoms with Crippen LogP contribution in [0.1, 0.15) is 25.3 Å². The van der Waals surface area contributed by atoms with Crippen LogP contribution in [0.25, 0.3) is 5.69 Å². The molecule has 33 heavy (non-hydrogen) atoms. The fraction of sp³-hybridized carbons (Fsp3) is 0.320. The van der Waals surface area contributed by atoms with E-state index in [0.29, 0.717) is 36.2 Å². The van der Waals surface area contributed by atoms with E-state index in [1.807, 2.05) is 31.2 Å². The van der Waals surface area contributed by atoms with E-state index in [1.54, 1.807) is 30.3 Å². The number of benzene rings is 2. The van der Waals surface area contributed by atoms with Gasteiger partial charge in [-0.25, -0.2) is 0 Å². The molecule has 7 nitrogen and oxygen atoms in total. The fourth-order valence-corrected chi connectivity index (χ4v) is 4.22. The molecular formula is C25H27ClN4O3. The molecule has 1 fully saturated rings. The first-order chi connectivity index (χ1) is 16.0. The van der Waals surface area contributed by atoms with Crippen molar-refractivity contribution >= 4 is 23.3 Å². The molecule has 1 saturated heterocycles. The Morgan fingerprint density at radius 1 is 1.18 bits per heavy atom. The second-order valence-electron chi connectivity index (χ2n) is 7.97. The summed E-state index contributed by atoms with van der Waals surface area (Å²) < 4.78 is 6.99. The van der Waals surface area contributed by atoms with Gasteiger partial charge in [-0.1, -0.05) is 35.9 Å². The summed E-state index contributed by atoms with van der Waals surface area (Å²) in [6.07, 6.45) is 1.68. The number of amides is 1. The maximum atomic E-state index is 12.9. The van der Waals surface area contributed by atoms with Gasteiger partial charge in [-0.05, 0) is 50.1 Å². The van der Waals surface area contributed by atoms with E-state index in [0.717, 1.165) is 30.7 Å². The highest BCUT2D eigenvalue weighted by atomic mass is 35.5. The normalized spacial score (nSPS) is 15.8. The molecule has 1 amide bonds. The van der Waals surface area contributed by atoms with Crippen LogP contribution in [0.15, 0.2) is 65.5 Å². The molecule has 1 unspecified atom stereocenters. The topological polar surface area (TPSA) is 76.5 Å². The van der Waals surface area contributed by atoms with Gasteiger partial charge in [0.25, 0.3) is 5.56 Å². The first-order valence-corrected chi connectivity index (χ1v) is 11.5. The van der Waals surface area contributed by atoms with Crippen molar-refractivity contribution in [3.05, 3.63) is 81.6 Å². The van der Waals surface area contributed by atoms with E-state index in [4.69, 9.17) is 16.3 Å². The van der Waals surface area contributed by atoms with Crippen molar-refractivity contribution in [3.63, 3.8) is 0 Å². The Labute approximate surface area is 197 Å². The lowest BCUT2D eigenvalue weighted by Crippen LogP contribution is -2.43. The average molecular weight is 467 g/mol. The first-order valence-electron chi connectivity index (χ1n) is 11.1. The summed E-state index contributed by atoms with van der Waals surface area (Å²) in [6.45, 7) is 4.25. The van der Waals surface area contributed by atoms with Gasteiger partial charge >= 0.3 is 0 Å². The smallest absolute Gasteiger partial charge is 0.271 e. The van der Waals surface area contributed by atoms with Gasteiger partial charge in [-0.15, -0.1) is 5.10 Å². The number of hydrogen-bond donors (Lipinski definition) is 1. The number of nitrogens with one attached hydrogen (secondary N) is 1. The Bertz CT molecular complexity index is 1180. The summed E-state index contributed by atoms with van der Waals surface area (Å²) in [7, 11) is 0. The van der Waals surface area contributed by atoms with Gasteiger partial charge in [0.05, 0.1) is 18.2 Å². The maximum Gasteiger partial charge on any atom is 0.271 e. The summed E-state index contributed by atoms with van der Waals surface area (Å²) in [5.74, 6) is 1.30. The van der Waals surface area contributed by atoms with Crippen molar-refractivity contribution < 1.29 is 9.53 Å². The van der Waals surface area contributed by atoms with Crippen LogP contribution >= 0.6 is 11.6 Å². The molecule has 3 aromatic rings. The van der Waals surface area contributed by atoms with Crippen molar-refractivity contribution in [2.45, 2.75) is 26.3 Å². The van der Waals surface area contributed by atoms with Crippen molar-refractivity contribution in [2.75, 3.05) is 24.6 Å². The van der Waals surface area contributed by atoms with Crippen LogP contribution in [-0.4, -0.2) is 35.4 Å². The summed E-state index contributed by atoms with van der Waals surface area (Å²) in [5.41, 5.74) is 1.32. The van der Waals surface area contributed by atoms with Gasteiger partial charge in [-0.3, -0.25) is 9.59 Å². The van der Waals surface area contributed by atoms with Gasteiger partial charge < -0.3 is 15.0 Å². The molecule has 1 atom stereocenters. The maximum absolute atomic E-state index is 12.9. The van der Waals surface area contributed by atoms with Crippen molar-refractivity contribution in [1.29, 1.82) is 0 Å². The first kappa shape index (κ1) is 22.9. The highest BCUT2D eigenvalue weighted by Gasteiger charge is 2.27. The van der Waals surface area contributed by atoms with Gasteiger partial charge in [-0.2, -0.15) is 4.68 Å². The molecule has 4 rings (SSSR count). The number of rotatable bonds is 7. The molecule has 0 radical (unpaired) electrons. The number of halogens is 1. The number of anilines is 1. The molecular weight excluding hydrogens is 440 g/mol. The molecule has 172 valence electrons. The number of aromatic nitrogens is 2. The van der Waals surface area contributed by atoms with E-state index in [-0.39, 0.29) is 17.4 Å².